The van der Waals surface area contributed by atoms with Crippen molar-refractivity contribution in [1.82, 2.24) is 4.98 Å². The van der Waals surface area contributed by atoms with E-state index in [4.69, 9.17) is 9.47 Å². The van der Waals surface area contributed by atoms with Gasteiger partial charge in [0, 0.05) is 16.0 Å². The molecule has 0 spiro atoms. The topological polar surface area (TPSA) is 106 Å². The van der Waals surface area contributed by atoms with Crippen molar-refractivity contribution in [1.29, 1.82) is 0 Å². The number of rotatable bonds is 7. The van der Waals surface area contributed by atoms with Crippen LogP contribution in [0, 0.1) is 29.6 Å². The Morgan fingerprint density at radius 1 is 0.911 bits per heavy atom. The van der Waals surface area contributed by atoms with E-state index < -0.39 is 11.9 Å². The molecule has 3 aromatic carbocycles. The van der Waals surface area contributed by atoms with Crippen LogP contribution >= 0.6 is 23.1 Å². The van der Waals surface area contributed by atoms with E-state index in [1.807, 2.05) is 42.5 Å². The quantitative estimate of drug-likeness (QED) is 0.199. The van der Waals surface area contributed by atoms with Gasteiger partial charge in [-0.15, -0.1) is 11.8 Å². The number of imide groups is 1. The normalized spacial score (nSPS) is 27.7. The first-order chi connectivity index (χ1) is 21.9. The SMILES string of the molecule is CCOC(=O)c1ccc(N2C(=O)C3C(C2=O)[C@@H]2C[C@H]3C3Sc4[nH]c(=O)sc4C(c4ccc(OCc5ccccc5)cc4)C32)cc1. The van der Waals surface area contributed by atoms with Crippen molar-refractivity contribution >= 4 is 46.6 Å². The number of nitrogens with one attached hydrogen (secondary N) is 1. The van der Waals surface area contributed by atoms with Crippen LogP contribution in [0.15, 0.2) is 88.7 Å². The van der Waals surface area contributed by atoms with Crippen LogP contribution in [-0.4, -0.2) is 34.6 Å². The molecule has 4 aliphatic rings. The lowest BCUT2D eigenvalue weighted by molar-refractivity contribution is -0.123. The molecule has 2 bridgehead atoms. The molecule has 2 aliphatic carbocycles. The van der Waals surface area contributed by atoms with Crippen molar-refractivity contribution in [3.8, 4) is 5.75 Å². The van der Waals surface area contributed by atoms with E-state index >= 15 is 0 Å². The minimum atomic E-state index is -0.438. The number of fused-ring (bicyclic) bond motifs is 9. The standard InChI is InChI=1S/C35H30N2O6S2/c1-2-42-34(40)20-8-12-21(13-9-20)37-32(38)27-23-16-24(28(27)33(37)39)29-26(23)25(30-31(44-29)36-35(41)45-30)19-10-14-22(15-11-19)43-17-18-6-4-3-5-7-18/h3-15,23-29H,2,16-17H2,1H3,(H,36,41)/t23-,24-,25?,26?,27?,28?,29?/m1/s1. The Morgan fingerprint density at radius 2 is 1.62 bits per heavy atom. The number of thiazole rings is 1. The summed E-state index contributed by atoms with van der Waals surface area (Å²) in [5.74, 6) is -0.695. The number of aromatic nitrogens is 1. The fraction of sp³-hybridized carbons (Fsp3) is 0.314. The number of carbonyl (C=O) groups excluding carboxylic acids is 3. The average Bonchev–Trinajstić information content (AvgIpc) is 3.80. The summed E-state index contributed by atoms with van der Waals surface area (Å²) >= 11 is 2.92. The van der Waals surface area contributed by atoms with Crippen molar-refractivity contribution in [2.24, 2.45) is 29.6 Å². The van der Waals surface area contributed by atoms with E-state index in [-0.39, 0.29) is 58.1 Å². The summed E-state index contributed by atoms with van der Waals surface area (Å²) in [5.41, 5.74) is 3.03. The second kappa shape index (κ2) is 11.0. The molecule has 228 valence electrons. The van der Waals surface area contributed by atoms with Gasteiger partial charge in [0.05, 0.1) is 34.7 Å². The summed E-state index contributed by atoms with van der Waals surface area (Å²) in [7, 11) is 0. The molecule has 5 unspecified atom stereocenters. The largest absolute Gasteiger partial charge is 0.489 e. The van der Waals surface area contributed by atoms with Gasteiger partial charge >= 0.3 is 10.8 Å². The Labute approximate surface area is 267 Å². The van der Waals surface area contributed by atoms with Crippen molar-refractivity contribution in [3.05, 3.63) is 110 Å². The predicted molar refractivity (Wildman–Crippen MR) is 171 cm³/mol. The van der Waals surface area contributed by atoms with E-state index in [2.05, 4.69) is 17.1 Å². The summed E-state index contributed by atoms with van der Waals surface area (Å²) in [6.45, 7) is 2.48. The van der Waals surface area contributed by atoms with Crippen molar-refractivity contribution in [3.63, 3.8) is 0 Å². The monoisotopic (exact) mass is 638 g/mol. The predicted octanol–water partition coefficient (Wildman–Crippen LogP) is 5.87. The molecule has 3 fully saturated rings. The average molecular weight is 639 g/mol. The maximum absolute atomic E-state index is 14.0. The highest BCUT2D eigenvalue weighted by Crippen LogP contribution is 2.68. The van der Waals surface area contributed by atoms with Crippen molar-refractivity contribution in [2.45, 2.75) is 36.1 Å². The number of amides is 2. The van der Waals surface area contributed by atoms with Crippen LogP contribution in [0.1, 0.15) is 45.6 Å². The first kappa shape index (κ1) is 28.3. The van der Waals surface area contributed by atoms with Gasteiger partial charge in [-0.1, -0.05) is 53.8 Å². The zero-order valence-corrected chi connectivity index (χ0v) is 26.0. The molecule has 7 atom stereocenters. The maximum atomic E-state index is 14.0. The second-order valence-electron chi connectivity index (χ2n) is 12.1. The molecule has 45 heavy (non-hydrogen) atoms. The van der Waals surface area contributed by atoms with Crippen molar-refractivity contribution < 1.29 is 23.9 Å². The van der Waals surface area contributed by atoms with Gasteiger partial charge in [-0.05, 0) is 78.6 Å². The zero-order chi connectivity index (χ0) is 30.8. The molecule has 1 N–H and O–H groups in total. The molecule has 2 aliphatic heterocycles. The molecule has 1 saturated heterocycles. The van der Waals surface area contributed by atoms with Gasteiger partial charge in [0.25, 0.3) is 0 Å². The van der Waals surface area contributed by atoms with E-state index in [0.29, 0.717) is 17.9 Å². The van der Waals surface area contributed by atoms with E-state index in [1.165, 1.54) is 16.2 Å². The third-order valence-electron chi connectivity index (χ3n) is 9.85. The van der Waals surface area contributed by atoms with Gasteiger partial charge < -0.3 is 14.5 Å². The lowest BCUT2D eigenvalue weighted by atomic mass is 9.68. The van der Waals surface area contributed by atoms with Crippen LogP contribution < -0.4 is 14.5 Å². The van der Waals surface area contributed by atoms with Crippen LogP contribution in [0.4, 0.5) is 5.69 Å². The third-order valence-corrected chi connectivity index (χ3v) is 12.4. The first-order valence-electron chi connectivity index (χ1n) is 15.2. The number of anilines is 1. The van der Waals surface area contributed by atoms with Crippen LogP contribution in [0.2, 0.25) is 0 Å². The maximum Gasteiger partial charge on any atom is 0.338 e. The number of benzene rings is 3. The minimum absolute atomic E-state index is 0.0158. The number of ether oxygens (including phenoxy) is 2. The zero-order valence-electron chi connectivity index (χ0n) is 24.4. The van der Waals surface area contributed by atoms with Gasteiger partial charge in [-0.25, -0.2) is 4.79 Å². The number of hydrogen-bond donors (Lipinski definition) is 1. The number of aromatic amines is 1. The third kappa shape index (κ3) is 4.56. The number of thioether (sulfide) groups is 1. The lowest BCUT2D eigenvalue weighted by Gasteiger charge is -2.43. The Balaban J connectivity index is 1.09. The van der Waals surface area contributed by atoms with Crippen LogP contribution in [0.5, 0.6) is 5.75 Å². The van der Waals surface area contributed by atoms with E-state index in [0.717, 1.165) is 33.2 Å². The number of hydrogen-bond acceptors (Lipinski definition) is 8. The Morgan fingerprint density at radius 3 is 2.33 bits per heavy atom. The Hall–Kier alpha value is -4.15. The molecule has 4 aromatic rings. The fourth-order valence-corrected chi connectivity index (χ4v) is 11.0. The molecular formula is C35H30N2O6S2. The molecule has 0 radical (unpaired) electrons. The highest BCUT2D eigenvalue weighted by molar-refractivity contribution is 8.00. The highest BCUT2D eigenvalue weighted by atomic mass is 32.2. The lowest BCUT2D eigenvalue weighted by Crippen LogP contribution is -2.42. The summed E-state index contributed by atoms with van der Waals surface area (Å²) in [6, 6.07) is 24.6. The van der Waals surface area contributed by atoms with E-state index in [1.54, 1.807) is 43.0 Å². The molecule has 1 aromatic heterocycles. The molecule has 8 rings (SSSR count). The Bertz CT molecular complexity index is 1850. The van der Waals surface area contributed by atoms with Crippen molar-refractivity contribution in [2.75, 3.05) is 11.5 Å². The summed E-state index contributed by atoms with van der Waals surface area (Å²) in [6.07, 6.45) is 0.818. The summed E-state index contributed by atoms with van der Waals surface area (Å²) < 4.78 is 11.1. The number of H-pyrrole nitrogens is 1. The van der Waals surface area contributed by atoms with Gasteiger partial charge in [-0.2, -0.15) is 0 Å². The highest BCUT2D eigenvalue weighted by Gasteiger charge is 2.69. The van der Waals surface area contributed by atoms with Gasteiger partial charge in [0.15, 0.2) is 0 Å². The van der Waals surface area contributed by atoms with E-state index in [9.17, 15) is 19.2 Å². The number of carbonyl (C=O) groups is 3. The molecular weight excluding hydrogens is 609 g/mol. The molecule has 2 saturated carbocycles. The fourth-order valence-electron chi connectivity index (χ4n) is 8.12. The molecule has 2 amide bonds. The number of nitrogens with zero attached hydrogens (tertiary/aromatic N) is 1. The van der Waals surface area contributed by atoms with Gasteiger partial charge in [0.2, 0.25) is 11.8 Å². The van der Waals surface area contributed by atoms with Crippen LogP contribution in [0.3, 0.4) is 0 Å². The molecule has 8 nitrogen and oxygen atoms in total. The Kier molecular flexibility index (Phi) is 6.94. The minimum Gasteiger partial charge on any atom is -0.489 e. The van der Waals surface area contributed by atoms with Crippen LogP contribution in [-0.2, 0) is 20.9 Å². The first-order valence-corrected chi connectivity index (χ1v) is 16.9. The summed E-state index contributed by atoms with van der Waals surface area (Å²) in [5, 5.41) is 0.990. The summed E-state index contributed by atoms with van der Waals surface area (Å²) in [4.78, 5) is 58.0. The van der Waals surface area contributed by atoms with Gasteiger partial charge in [-0.3, -0.25) is 19.3 Å². The number of esters is 1. The molecule has 3 heterocycles. The smallest absolute Gasteiger partial charge is 0.338 e. The second-order valence-corrected chi connectivity index (χ2v) is 14.3. The van der Waals surface area contributed by atoms with Crippen LogP contribution in [0.25, 0.3) is 0 Å². The molecule has 10 heteroatoms. The van der Waals surface area contributed by atoms with Gasteiger partial charge in [0.1, 0.15) is 12.4 Å².